The largest absolute Gasteiger partial charge is 0.399 e. The van der Waals surface area contributed by atoms with E-state index in [4.69, 9.17) is 5.73 Å². The van der Waals surface area contributed by atoms with Gasteiger partial charge in [0.1, 0.15) is 12.2 Å². The summed E-state index contributed by atoms with van der Waals surface area (Å²) in [7, 11) is 0. The van der Waals surface area contributed by atoms with Gasteiger partial charge in [-0.05, 0) is 30.7 Å². The van der Waals surface area contributed by atoms with Gasteiger partial charge in [0.2, 0.25) is 0 Å². The number of nitrogen functional groups attached to an aromatic ring is 1. The monoisotopic (exact) mass is 273 g/mol. The number of rotatable bonds is 7. The van der Waals surface area contributed by atoms with Gasteiger partial charge in [-0.3, -0.25) is 4.90 Å². The molecule has 0 aliphatic heterocycles. The number of hydrogen-bond donors (Lipinski definition) is 1. The molecular weight excluding hydrogens is 250 g/mol. The maximum absolute atomic E-state index is 5.72. The molecule has 1 aromatic heterocycles. The Morgan fingerprint density at radius 2 is 1.90 bits per heavy atom. The van der Waals surface area contributed by atoms with E-state index in [1.165, 1.54) is 5.56 Å². The minimum atomic E-state index is 0.805. The van der Waals surface area contributed by atoms with Crippen molar-refractivity contribution in [2.24, 2.45) is 0 Å². The van der Waals surface area contributed by atoms with Gasteiger partial charge in [-0.2, -0.15) is 5.10 Å². The number of benzene rings is 1. The van der Waals surface area contributed by atoms with E-state index < -0.39 is 0 Å². The lowest BCUT2D eigenvalue weighted by molar-refractivity contribution is 0.258. The second-order valence-corrected chi connectivity index (χ2v) is 4.94. The number of anilines is 1. The molecule has 0 radical (unpaired) electrons. The van der Waals surface area contributed by atoms with Crippen LogP contribution in [0.2, 0.25) is 0 Å². The first-order valence-corrected chi connectivity index (χ1v) is 7.16. The number of nitrogens with zero attached hydrogens (tertiary/aromatic N) is 4. The van der Waals surface area contributed by atoms with E-state index in [0.717, 1.165) is 44.1 Å². The molecule has 0 spiro atoms. The van der Waals surface area contributed by atoms with Gasteiger partial charge in [-0.25, -0.2) is 9.67 Å². The molecule has 0 amide bonds. The van der Waals surface area contributed by atoms with Crippen molar-refractivity contribution in [3.63, 3.8) is 0 Å². The van der Waals surface area contributed by atoms with E-state index >= 15 is 0 Å². The summed E-state index contributed by atoms with van der Waals surface area (Å²) in [6, 6.07) is 8.05. The lowest BCUT2D eigenvalue weighted by atomic mass is 10.2. The molecule has 2 rings (SSSR count). The Bertz CT molecular complexity index is 517. The molecule has 1 heterocycles. The third kappa shape index (κ3) is 3.81. The van der Waals surface area contributed by atoms with E-state index in [1.54, 1.807) is 6.33 Å². The second kappa shape index (κ2) is 7.05. The second-order valence-electron chi connectivity index (χ2n) is 4.94. The maximum atomic E-state index is 5.72. The highest BCUT2D eigenvalue weighted by Crippen LogP contribution is 2.11. The first-order valence-electron chi connectivity index (χ1n) is 7.16. The molecule has 0 atom stereocenters. The topological polar surface area (TPSA) is 60.0 Å². The molecule has 0 bridgehead atoms. The van der Waals surface area contributed by atoms with Crippen molar-refractivity contribution in [2.45, 2.75) is 39.9 Å². The van der Waals surface area contributed by atoms with Gasteiger partial charge < -0.3 is 5.73 Å². The lowest BCUT2D eigenvalue weighted by Gasteiger charge is -2.20. The summed E-state index contributed by atoms with van der Waals surface area (Å²) in [6.07, 6.45) is 2.71. The average molecular weight is 273 g/mol. The molecule has 2 N–H and O–H groups in total. The molecule has 108 valence electrons. The zero-order valence-electron chi connectivity index (χ0n) is 12.3. The van der Waals surface area contributed by atoms with E-state index in [-0.39, 0.29) is 0 Å². The molecular formula is C15H23N5. The number of nitrogens with two attached hydrogens (primary N) is 1. The van der Waals surface area contributed by atoms with Gasteiger partial charge in [0.25, 0.3) is 0 Å². The van der Waals surface area contributed by atoms with Crippen LogP contribution in [0.4, 0.5) is 5.69 Å². The van der Waals surface area contributed by atoms with Crippen LogP contribution in [0.15, 0.2) is 30.6 Å². The molecule has 5 heteroatoms. The molecule has 0 unspecified atom stereocenters. The molecule has 0 fully saturated rings. The number of hydrogen-bond acceptors (Lipinski definition) is 4. The summed E-state index contributed by atoms with van der Waals surface area (Å²) in [4.78, 5) is 6.72. The van der Waals surface area contributed by atoms with E-state index in [9.17, 15) is 0 Å². The molecule has 5 nitrogen and oxygen atoms in total. The van der Waals surface area contributed by atoms with Crippen LogP contribution in [0.3, 0.4) is 0 Å². The van der Waals surface area contributed by atoms with Crippen LogP contribution in [0.1, 0.15) is 31.7 Å². The third-order valence-corrected chi connectivity index (χ3v) is 3.33. The molecule has 2 aromatic rings. The predicted molar refractivity (Wildman–Crippen MR) is 81.0 cm³/mol. The Labute approximate surface area is 120 Å². The van der Waals surface area contributed by atoms with Crippen molar-refractivity contribution in [1.82, 2.24) is 19.7 Å². The van der Waals surface area contributed by atoms with Crippen LogP contribution in [-0.2, 0) is 19.6 Å². The zero-order valence-corrected chi connectivity index (χ0v) is 12.3. The van der Waals surface area contributed by atoms with Gasteiger partial charge >= 0.3 is 0 Å². The SMILES string of the molecule is CCCn1ncnc1CN(CC)Cc1ccc(N)cc1. The van der Waals surface area contributed by atoms with Crippen LogP contribution >= 0.6 is 0 Å². The Kier molecular flexibility index (Phi) is 5.12. The van der Waals surface area contributed by atoms with Gasteiger partial charge in [0.15, 0.2) is 0 Å². The third-order valence-electron chi connectivity index (χ3n) is 3.33. The summed E-state index contributed by atoms with van der Waals surface area (Å²) >= 11 is 0. The predicted octanol–water partition coefficient (Wildman–Crippen LogP) is 2.29. The molecule has 0 saturated carbocycles. The summed E-state index contributed by atoms with van der Waals surface area (Å²) in [6.45, 7) is 7.93. The number of aryl methyl sites for hydroxylation is 1. The summed E-state index contributed by atoms with van der Waals surface area (Å²) < 4.78 is 1.99. The van der Waals surface area contributed by atoms with E-state index in [1.807, 2.05) is 16.8 Å². The van der Waals surface area contributed by atoms with E-state index in [0.29, 0.717) is 0 Å². The highest BCUT2D eigenvalue weighted by atomic mass is 15.3. The summed E-state index contributed by atoms with van der Waals surface area (Å²) in [5.41, 5.74) is 7.79. The van der Waals surface area contributed by atoms with Gasteiger partial charge in [0.05, 0.1) is 6.54 Å². The fraction of sp³-hybridized carbons (Fsp3) is 0.467. The van der Waals surface area contributed by atoms with E-state index in [2.05, 4.69) is 41.0 Å². The minimum absolute atomic E-state index is 0.805. The van der Waals surface area contributed by atoms with Crippen molar-refractivity contribution >= 4 is 5.69 Å². The van der Waals surface area contributed by atoms with Gasteiger partial charge in [-0.15, -0.1) is 0 Å². The van der Waals surface area contributed by atoms with Crippen molar-refractivity contribution in [3.05, 3.63) is 42.0 Å². The van der Waals surface area contributed by atoms with Crippen LogP contribution in [0.5, 0.6) is 0 Å². The highest BCUT2D eigenvalue weighted by molar-refractivity contribution is 5.39. The van der Waals surface area contributed by atoms with Crippen molar-refractivity contribution < 1.29 is 0 Å². The van der Waals surface area contributed by atoms with Gasteiger partial charge in [0, 0.05) is 18.8 Å². The maximum Gasteiger partial charge on any atom is 0.141 e. The molecule has 1 aromatic carbocycles. The van der Waals surface area contributed by atoms with Crippen LogP contribution < -0.4 is 5.73 Å². The Morgan fingerprint density at radius 3 is 2.55 bits per heavy atom. The fourth-order valence-corrected chi connectivity index (χ4v) is 2.17. The number of aromatic nitrogens is 3. The molecule has 20 heavy (non-hydrogen) atoms. The van der Waals surface area contributed by atoms with Crippen LogP contribution in [0, 0.1) is 0 Å². The molecule has 0 saturated heterocycles. The zero-order chi connectivity index (χ0) is 14.4. The van der Waals surface area contributed by atoms with Crippen molar-refractivity contribution in [1.29, 1.82) is 0 Å². The summed E-state index contributed by atoms with van der Waals surface area (Å²) in [5, 5.41) is 4.27. The Morgan fingerprint density at radius 1 is 1.15 bits per heavy atom. The van der Waals surface area contributed by atoms with Crippen molar-refractivity contribution in [3.8, 4) is 0 Å². The van der Waals surface area contributed by atoms with Crippen molar-refractivity contribution in [2.75, 3.05) is 12.3 Å². The Hall–Kier alpha value is -1.88. The first kappa shape index (κ1) is 14.5. The van der Waals surface area contributed by atoms with Crippen LogP contribution in [-0.4, -0.2) is 26.2 Å². The normalized spacial score (nSPS) is 11.2. The molecule has 0 aliphatic carbocycles. The average Bonchev–Trinajstić information content (AvgIpc) is 2.88. The van der Waals surface area contributed by atoms with Crippen LogP contribution in [0.25, 0.3) is 0 Å². The quantitative estimate of drug-likeness (QED) is 0.786. The fourth-order valence-electron chi connectivity index (χ4n) is 2.17. The molecule has 0 aliphatic rings. The standard InChI is InChI=1S/C15H23N5/c1-3-9-20-15(17-12-18-20)11-19(4-2)10-13-5-7-14(16)8-6-13/h5-8,12H,3-4,9-11,16H2,1-2H3. The highest BCUT2D eigenvalue weighted by Gasteiger charge is 2.10. The smallest absolute Gasteiger partial charge is 0.141 e. The Balaban J connectivity index is 2.01. The lowest BCUT2D eigenvalue weighted by Crippen LogP contribution is -2.24. The minimum Gasteiger partial charge on any atom is -0.399 e. The van der Waals surface area contributed by atoms with Gasteiger partial charge in [-0.1, -0.05) is 26.0 Å². The summed E-state index contributed by atoms with van der Waals surface area (Å²) in [5.74, 6) is 1.03. The first-order chi connectivity index (χ1) is 9.72.